The van der Waals surface area contributed by atoms with Crippen LogP contribution >= 0.6 is 0 Å². The Labute approximate surface area is 222 Å². The molecule has 2 aliphatic rings. The van der Waals surface area contributed by atoms with E-state index in [4.69, 9.17) is 28.4 Å². The van der Waals surface area contributed by atoms with Gasteiger partial charge in [-0.3, -0.25) is 19.2 Å². The fourth-order valence-electron chi connectivity index (χ4n) is 4.94. The highest BCUT2D eigenvalue weighted by atomic mass is 16.7. The number of methoxy groups -OCH3 is 1. The summed E-state index contributed by atoms with van der Waals surface area (Å²) in [6.07, 6.45) is 0.476. The monoisotopic (exact) mass is 532 g/mol. The molecule has 1 saturated carbocycles. The first-order valence-corrected chi connectivity index (χ1v) is 12.7. The maximum absolute atomic E-state index is 12.2. The Morgan fingerprint density at radius 3 is 2.00 bits per heavy atom. The van der Waals surface area contributed by atoms with E-state index in [1.807, 2.05) is 24.3 Å². The summed E-state index contributed by atoms with van der Waals surface area (Å²) in [5.74, 6) is -2.52. The minimum absolute atomic E-state index is 0.238. The summed E-state index contributed by atoms with van der Waals surface area (Å²) in [5, 5.41) is 0. The molecule has 0 unspecified atom stereocenters. The van der Waals surface area contributed by atoms with Crippen LogP contribution in [0.3, 0.4) is 0 Å². The topological polar surface area (TPSA) is 124 Å². The number of rotatable bonds is 8. The second-order valence-electron chi connectivity index (χ2n) is 9.49. The van der Waals surface area contributed by atoms with Crippen LogP contribution in [0.15, 0.2) is 29.8 Å². The van der Waals surface area contributed by atoms with Crippen LogP contribution in [0.25, 0.3) is 6.08 Å². The first-order chi connectivity index (χ1) is 18.1. The first kappa shape index (κ1) is 29.3. The predicted octanol–water partition coefficient (Wildman–Crippen LogP) is 3.46. The van der Waals surface area contributed by atoms with Gasteiger partial charge in [0, 0.05) is 34.8 Å². The van der Waals surface area contributed by atoms with Gasteiger partial charge in [0.1, 0.15) is 18.8 Å². The maximum atomic E-state index is 12.2. The highest BCUT2D eigenvalue weighted by Gasteiger charge is 2.52. The molecule has 10 nitrogen and oxygen atoms in total. The van der Waals surface area contributed by atoms with Crippen LogP contribution < -0.4 is 0 Å². The Morgan fingerprint density at radius 1 is 0.842 bits per heavy atom. The summed E-state index contributed by atoms with van der Waals surface area (Å²) in [5.41, 5.74) is 2.78. The molecule has 1 saturated heterocycles. The molecule has 1 aromatic carbocycles. The smallest absolute Gasteiger partial charge is 0.303 e. The Hall–Kier alpha value is -3.24. The average molecular weight is 533 g/mol. The zero-order valence-electron chi connectivity index (χ0n) is 22.5. The molecule has 5 atom stereocenters. The lowest BCUT2D eigenvalue weighted by Gasteiger charge is -2.45. The summed E-state index contributed by atoms with van der Waals surface area (Å²) < 4.78 is 33.7. The van der Waals surface area contributed by atoms with E-state index in [0.717, 1.165) is 31.2 Å². The second-order valence-corrected chi connectivity index (χ2v) is 9.49. The van der Waals surface area contributed by atoms with Crippen LogP contribution in [0.5, 0.6) is 0 Å². The summed E-state index contributed by atoms with van der Waals surface area (Å²) in [6, 6.07) is 7.49. The van der Waals surface area contributed by atoms with Crippen molar-refractivity contribution in [1.29, 1.82) is 0 Å². The fraction of sp³-hybridized carbons (Fsp3) is 0.571. The van der Waals surface area contributed by atoms with E-state index in [0.29, 0.717) is 5.56 Å². The summed E-state index contributed by atoms with van der Waals surface area (Å²) in [7, 11) is 1.72. The van der Waals surface area contributed by atoms with Gasteiger partial charge in [-0.25, -0.2) is 0 Å². The number of esters is 4. The Balaban J connectivity index is 2.06. The van der Waals surface area contributed by atoms with E-state index in [2.05, 4.69) is 6.08 Å². The number of ether oxygens (including phenoxy) is 6. The quantitative estimate of drug-likeness (QED) is 0.363. The van der Waals surface area contributed by atoms with Gasteiger partial charge in [-0.05, 0) is 36.8 Å². The molecule has 1 heterocycles. The number of carbonyl (C=O) groups is 4. The van der Waals surface area contributed by atoms with Crippen LogP contribution in [0.2, 0.25) is 0 Å². The van der Waals surface area contributed by atoms with E-state index in [1.165, 1.54) is 33.3 Å². The largest absolute Gasteiger partial charge is 0.463 e. The third-order valence-corrected chi connectivity index (χ3v) is 6.56. The lowest BCUT2D eigenvalue weighted by Crippen LogP contribution is -2.59. The van der Waals surface area contributed by atoms with Crippen LogP contribution in [-0.2, 0) is 47.6 Å². The van der Waals surface area contributed by atoms with Gasteiger partial charge >= 0.3 is 23.9 Å². The fourth-order valence-corrected chi connectivity index (χ4v) is 4.94. The minimum atomic E-state index is -1.21. The Morgan fingerprint density at radius 2 is 1.42 bits per heavy atom. The SMILES string of the molecule is COC1CCC(=Cc2ccccc2[C@@H]2O[C@H](COC(C)=O)[C@@H](OC(C)=O)[C@H](OC(C)=O)[C@H]2OC(C)=O)CC1. The van der Waals surface area contributed by atoms with Crippen molar-refractivity contribution < 1.29 is 47.6 Å². The van der Waals surface area contributed by atoms with E-state index in [1.54, 1.807) is 7.11 Å². The molecule has 38 heavy (non-hydrogen) atoms. The summed E-state index contributed by atoms with van der Waals surface area (Å²) >= 11 is 0. The molecule has 208 valence electrons. The van der Waals surface area contributed by atoms with Gasteiger partial charge in [-0.1, -0.05) is 35.9 Å². The first-order valence-electron chi connectivity index (χ1n) is 12.7. The van der Waals surface area contributed by atoms with E-state index in [-0.39, 0.29) is 12.7 Å². The third-order valence-electron chi connectivity index (χ3n) is 6.56. The van der Waals surface area contributed by atoms with Crippen LogP contribution in [0, 0.1) is 0 Å². The third kappa shape index (κ3) is 7.88. The number of hydrogen-bond acceptors (Lipinski definition) is 10. The normalized spacial score (nSPS) is 27.1. The maximum Gasteiger partial charge on any atom is 0.303 e. The zero-order chi connectivity index (χ0) is 27.8. The molecule has 10 heteroatoms. The van der Waals surface area contributed by atoms with Gasteiger partial charge in [0.15, 0.2) is 18.3 Å². The standard InChI is InChI=1S/C28H36O10/c1-16(29)34-15-24-26(35-17(2)30)28(37-19(4)32)27(36-18(3)31)25(38-24)23-9-7-6-8-21(23)14-20-10-12-22(33-5)13-11-20/h6-9,14,22,24-28H,10-13,15H2,1-5H3/t22?,24-,25+,26-,27+,28+/m1/s1. The number of allylic oxidation sites excluding steroid dienone is 1. The molecule has 1 aromatic rings. The van der Waals surface area contributed by atoms with E-state index in [9.17, 15) is 19.2 Å². The van der Waals surface area contributed by atoms with Crippen LogP contribution in [-0.4, -0.2) is 68.1 Å². The lowest BCUT2D eigenvalue weighted by atomic mass is 9.86. The van der Waals surface area contributed by atoms with Crippen LogP contribution in [0.4, 0.5) is 0 Å². The highest BCUT2D eigenvalue weighted by molar-refractivity contribution is 5.69. The summed E-state index contributed by atoms with van der Waals surface area (Å²) in [6.45, 7) is 4.61. The van der Waals surface area contributed by atoms with Gasteiger partial charge in [0.2, 0.25) is 0 Å². The molecule has 3 rings (SSSR count). The number of hydrogen-bond donors (Lipinski definition) is 0. The van der Waals surface area contributed by atoms with Crippen molar-refractivity contribution >= 4 is 30.0 Å². The molecule has 0 aromatic heterocycles. The van der Waals surface area contributed by atoms with Gasteiger partial charge < -0.3 is 28.4 Å². The molecule has 0 bridgehead atoms. The average Bonchev–Trinajstić information content (AvgIpc) is 2.85. The van der Waals surface area contributed by atoms with Crippen molar-refractivity contribution in [2.75, 3.05) is 13.7 Å². The molecule has 0 spiro atoms. The van der Waals surface area contributed by atoms with Crippen LogP contribution in [0.1, 0.15) is 70.6 Å². The molecular weight excluding hydrogens is 496 g/mol. The van der Waals surface area contributed by atoms with Crippen molar-refractivity contribution in [2.45, 2.75) is 90.0 Å². The van der Waals surface area contributed by atoms with E-state index < -0.39 is 54.4 Å². The van der Waals surface area contributed by atoms with Gasteiger partial charge in [-0.2, -0.15) is 0 Å². The predicted molar refractivity (Wildman–Crippen MR) is 135 cm³/mol. The van der Waals surface area contributed by atoms with Gasteiger partial charge in [0.25, 0.3) is 0 Å². The summed E-state index contributed by atoms with van der Waals surface area (Å²) in [4.78, 5) is 47.9. The molecular formula is C28H36O10. The minimum Gasteiger partial charge on any atom is -0.463 e. The highest BCUT2D eigenvalue weighted by Crippen LogP contribution is 2.40. The van der Waals surface area contributed by atoms with Gasteiger partial charge in [-0.15, -0.1) is 0 Å². The molecule has 1 aliphatic carbocycles. The van der Waals surface area contributed by atoms with Crippen molar-refractivity contribution in [3.8, 4) is 0 Å². The molecule has 0 N–H and O–H groups in total. The van der Waals surface area contributed by atoms with Crippen molar-refractivity contribution in [1.82, 2.24) is 0 Å². The van der Waals surface area contributed by atoms with Crippen molar-refractivity contribution in [3.63, 3.8) is 0 Å². The molecule has 0 radical (unpaired) electrons. The molecule has 1 aliphatic heterocycles. The Kier molecular flexibility index (Phi) is 10.4. The van der Waals surface area contributed by atoms with Gasteiger partial charge in [0.05, 0.1) is 6.10 Å². The second kappa shape index (κ2) is 13.5. The molecule has 2 fully saturated rings. The van der Waals surface area contributed by atoms with E-state index >= 15 is 0 Å². The number of carbonyl (C=O) groups excluding carboxylic acids is 4. The van der Waals surface area contributed by atoms with Crippen molar-refractivity contribution in [3.05, 3.63) is 41.0 Å². The number of benzene rings is 1. The molecule has 0 amide bonds. The van der Waals surface area contributed by atoms with Crippen molar-refractivity contribution in [2.24, 2.45) is 0 Å². The zero-order valence-corrected chi connectivity index (χ0v) is 22.5. The lowest BCUT2D eigenvalue weighted by molar-refractivity contribution is -0.254. The Bertz CT molecular complexity index is 1040.